The molecular formula is C17H22N2OS. The van der Waals surface area contributed by atoms with Gasteiger partial charge in [-0.2, -0.15) is 0 Å². The van der Waals surface area contributed by atoms with E-state index in [4.69, 9.17) is 0 Å². The molecule has 4 heteroatoms. The summed E-state index contributed by atoms with van der Waals surface area (Å²) in [7, 11) is 0. The summed E-state index contributed by atoms with van der Waals surface area (Å²) in [5.41, 5.74) is -0.190. The van der Waals surface area contributed by atoms with Crippen LogP contribution >= 0.6 is 11.3 Å². The van der Waals surface area contributed by atoms with E-state index in [1.807, 2.05) is 11.3 Å². The van der Waals surface area contributed by atoms with E-state index >= 15 is 0 Å². The van der Waals surface area contributed by atoms with Crippen LogP contribution < -0.4 is 5.32 Å². The molecule has 0 aromatic carbocycles. The number of aryl methyl sites for hydroxylation is 1. The van der Waals surface area contributed by atoms with Gasteiger partial charge in [-0.25, -0.2) is 0 Å². The fourth-order valence-corrected chi connectivity index (χ4v) is 5.87. The van der Waals surface area contributed by atoms with E-state index in [9.17, 15) is 4.79 Å². The molecule has 5 rings (SSSR count). The first kappa shape index (κ1) is 12.7. The first-order valence-electron chi connectivity index (χ1n) is 8.33. The number of fused-ring (bicyclic) bond motifs is 2. The molecule has 1 aliphatic heterocycles. The molecule has 4 aliphatic rings. The van der Waals surface area contributed by atoms with Crippen LogP contribution in [0.1, 0.15) is 54.4 Å². The van der Waals surface area contributed by atoms with Gasteiger partial charge in [-0.1, -0.05) is 6.42 Å². The summed E-state index contributed by atoms with van der Waals surface area (Å²) in [6, 6.07) is 4.89. The maximum atomic E-state index is 13.0. The number of carbonyl (C=O) groups is 1. The van der Waals surface area contributed by atoms with E-state index in [1.165, 1.54) is 35.4 Å². The lowest BCUT2D eigenvalue weighted by Crippen LogP contribution is -2.43. The van der Waals surface area contributed by atoms with Gasteiger partial charge < -0.3 is 4.90 Å². The summed E-state index contributed by atoms with van der Waals surface area (Å²) in [6.45, 7) is 2.15. The van der Waals surface area contributed by atoms with Crippen LogP contribution in [0.2, 0.25) is 0 Å². The van der Waals surface area contributed by atoms with Gasteiger partial charge in [0.05, 0.1) is 0 Å². The maximum absolute atomic E-state index is 13.0. The van der Waals surface area contributed by atoms with E-state index in [-0.39, 0.29) is 11.7 Å². The zero-order valence-corrected chi connectivity index (χ0v) is 13.3. The number of amides is 1. The molecule has 1 aromatic rings. The SMILES string of the molecule is Cc1ccc(C2NC3(CC3)C(=O)N2C2CC3CCC2C3)s1. The zero-order valence-electron chi connectivity index (χ0n) is 12.5. The normalized spacial score (nSPS) is 39.7. The minimum absolute atomic E-state index is 0.142. The van der Waals surface area contributed by atoms with Gasteiger partial charge in [-0.05, 0) is 63.0 Å². The third kappa shape index (κ3) is 1.72. The molecule has 4 fully saturated rings. The number of thiophene rings is 1. The summed E-state index contributed by atoms with van der Waals surface area (Å²) in [6.07, 6.45) is 7.54. The Morgan fingerprint density at radius 3 is 2.71 bits per heavy atom. The Morgan fingerprint density at radius 1 is 1.29 bits per heavy atom. The molecule has 3 nitrogen and oxygen atoms in total. The molecule has 112 valence electrons. The van der Waals surface area contributed by atoms with Crippen molar-refractivity contribution in [2.24, 2.45) is 11.8 Å². The second-order valence-corrected chi connectivity index (χ2v) is 8.85. The molecular weight excluding hydrogens is 280 g/mol. The van der Waals surface area contributed by atoms with Crippen LogP contribution in [-0.4, -0.2) is 22.4 Å². The number of hydrogen-bond donors (Lipinski definition) is 1. The zero-order chi connectivity index (χ0) is 14.2. The second kappa shape index (κ2) is 4.11. The van der Waals surface area contributed by atoms with E-state index < -0.39 is 0 Å². The Balaban J connectivity index is 1.52. The van der Waals surface area contributed by atoms with Crippen molar-refractivity contribution in [2.45, 2.75) is 63.2 Å². The smallest absolute Gasteiger partial charge is 0.244 e. The van der Waals surface area contributed by atoms with Gasteiger partial charge in [0.25, 0.3) is 0 Å². The van der Waals surface area contributed by atoms with Gasteiger partial charge in [-0.3, -0.25) is 10.1 Å². The molecule has 3 aliphatic carbocycles. The van der Waals surface area contributed by atoms with E-state index in [2.05, 4.69) is 29.3 Å². The summed E-state index contributed by atoms with van der Waals surface area (Å²) >= 11 is 1.84. The van der Waals surface area contributed by atoms with Gasteiger partial charge >= 0.3 is 0 Å². The minimum atomic E-state index is -0.190. The molecule has 1 spiro atoms. The van der Waals surface area contributed by atoms with E-state index in [1.54, 1.807) is 0 Å². The quantitative estimate of drug-likeness (QED) is 0.910. The summed E-state index contributed by atoms with van der Waals surface area (Å²) in [4.78, 5) is 17.9. The predicted octanol–water partition coefficient (Wildman–Crippen LogP) is 3.21. The first-order chi connectivity index (χ1) is 10.2. The number of nitrogens with zero attached hydrogens (tertiary/aromatic N) is 1. The Kier molecular flexibility index (Phi) is 2.47. The lowest BCUT2D eigenvalue weighted by Gasteiger charge is -2.35. The molecule has 1 saturated heterocycles. The number of nitrogens with one attached hydrogen (secondary N) is 1. The van der Waals surface area contributed by atoms with Crippen molar-refractivity contribution >= 4 is 17.2 Å². The van der Waals surface area contributed by atoms with Crippen molar-refractivity contribution in [3.05, 3.63) is 21.9 Å². The lowest BCUT2D eigenvalue weighted by molar-refractivity contribution is -0.134. The maximum Gasteiger partial charge on any atom is 0.244 e. The molecule has 3 saturated carbocycles. The van der Waals surface area contributed by atoms with Crippen molar-refractivity contribution in [1.29, 1.82) is 0 Å². The highest BCUT2D eigenvalue weighted by Crippen LogP contribution is 2.53. The van der Waals surface area contributed by atoms with E-state index in [0.29, 0.717) is 11.9 Å². The fraction of sp³-hybridized carbons (Fsp3) is 0.706. The van der Waals surface area contributed by atoms with Gasteiger partial charge in [0.1, 0.15) is 11.7 Å². The predicted molar refractivity (Wildman–Crippen MR) is 83.0 cm³/mol. The van der Waals surface area contributed by atoms with Crippen LogP contribution in [0.5, 0.6) is 0 Å². The first-order valence-corrected chi connectivity index (χ1v) is 9.15. The summed E-state index contributed by atoms with van der Waals surface area (Å²) in [5, 5.41) is 3.69. The highest BCUT2D eigenvalue weighted by atomic mass is 32.1. The molecule has 4 unspecified atom stereocenters. The van der Waals surface area contributed by atoms with Crippen LogP contribution in [-0.2, 0) is 4.79 Å². The summed E-state index contributed by atoms with van der Waals surface area (Å²) in [5.74, 6) is 2.04. The lowest BCUT2D eigenvalue weighted by atomic mass is 9.93. The topological polar surface area (TPSA) is 32.3 Å². The molecule has 1 amide bonds. The van der Waals surface area contributed by atoms with E-state index in [0.717, 1.165) is 24.7 Å². The highest BCUT2D eigenvalue weighted by molar-refractivity contribution is 7.12. The van der Waals surface area contributed by atoms with Crippen LogP contribution in [0.4, 0.5) is 0 Å². The van der Waals surface area contributed by atoms with Gasteiger partial charge in [-0.15, -0.1) is 11.3 Å². The Labute approximate surface area is 129 Å². The molecule has 1 aromatic heterocycles. The average Bonchev–Trinajstić information content (AvgIpc) is 2.87. The van der Waals surface area contributed by atoms with Crippen LogP contribution in [0.25, 0.3) is 0 Å². The minimum Gasteiger partial charge on any atom is -0.317 e. The Bertz CT molecular complexity index is 606. The Hall–Kier alpha value is -0.870. The van der Waals surface area contributed by atoms with Gasteiger partial charge in [0.15, 0.2) is 0 Å². The standard InChI is InChI=1S/C17H22N2OS/c1-10-2-5-14(21-10)15-18-17(6-7-17)16(20)19(15)13-9-11-3-4-12(13)8-11/h2,5,11-13,15,18H,3-4,6-9H2,1H3. The monoisotopic (exact) mass is 302 g/mol. The molecule has 1 N–H and O–H groups in total. The van der Waals surface area contributed by atoms with Crippen molar-refractivity contribution < 1.29 is 4.79 Å². The molecule has 4 atom stereocenters. The highest BCUT2D eigenvalue weighted by Gasteiger charge is 2.62. The fourth-order valence-electron chi connectivity index (χ4n) is 4.94. The van der Waals surface area contributed by atoms with Crippen LogP contribution in [0.3, 0.4) is 0 Å². The molecule has 2 bridgehead atoms. The number of carbonyl (C=O) groups excluding carboxylic acids is 1. The van der Waals surface area contributed by atoms with Crippen LogP contribution in [0.15, 0.2) is 12.1 Å². The second-order valence-electron chi connectivity index (χ2n) is 7.53. The van der Waals surface area contributed by atoms with Crippen LogP contribution in [0, 0.1) is 18.8 Å². The third-order valence-electron chi connectivity index (χ3n) is 6.17. The number of rotatable bonds is 2. The molecule has 2 heterocycles. The van der Waals surface area contributed by atoms with Crippen molar-refractivity contribution in [2.75, 3.05) is 0 Å². The van der Waals surface area contributed by atoms with Crippen molar-refractivity contribution in [1.82, 2.24) is 10.2 Å². The largest absolute Gasteiger partial charge is 0.317 e. The summed E-state index contributed by atoms with van der Waals surface area (Å²) < 4.78 is 0. The van der Waals surface area contributed by atoms with Gasteiger partial charge in [0.2, 0.25) is 5.91 Å². The average molecular weight is 302 g/mol. The molecule has 0 radical (unpaired) electrons. The van der Waals surface area contributed by atoms with Crippen molar-refractivity contribution in [3.63, 3.8) is 0 Å². The Morgan fingerprint density at radius 2 is 2.14 bits per heavy atom. The van der Waals surface area contributed by atoms with Crippen molar-refractivity contribution in [3.8, 4) is 0 Å². The third-order valence-corrected chi connectivity index (χ3v) is 7.23. The molecule has 21 heavy (non-hydrogen) atoms. The number of hydrogen-bond acceptors (Lipinski definition) is 3. The van der Waals surface area contributed by atoms with Gasteiger partial charge in [0, 0.05) is 15.8 Å².